The molecule has 0 fully saturated rings. The fourth-order valence-corrected chi connectivity index (χ4v) is 2.57. The fraction of sp³-hybridized carbons (Fsp3) is 0.0526. The topological polar surface area (TPSA) is 129 Å². The van der Waals surface area contributed by atoms with Gasteiger partial charge in [-0.1, -0.05) is 18.2 Å². The number of rotatable bonds is 3. The number of nitriles is 2. The molecule has 10 heteroatoms. The summed E-state index contributed by atoms with van der Waals surface area (Å²) in [5, 5.41) is 18.6. The number of halogens is 3. The Labute approximate surface area is 161 Å². The summed E-state index contributed by atoms with van der Waals surface area (Å²) in [4.78, 5) is 17.6. The predicted octanol–water partition coefficient (Wildman–Crippen LogP) is 3.57. The molecular weight excluding hydrogens is 387 g/mol. The Hall–Kier alpha value is -4.31. The number of nitrogens with two attached hydrogens (primary N) is 1. The zero-order chi connectivity index (χ0) is 21.2. The van der Waals surface area contributed by atoms with E-state index in [0.29, 0.717) is 5.56 Å². The van der Waals surface area contributed by atoms with Gasteiger partial charge in [-0.05, 0) is 23.8 Å². The lowest BCUT2D eigenvalue weighted by molar-refractivity contribution is -0.141. The molecule has 2 heterocycles. The van der Waals surface area contributed by atoms with Gasteiger partial charge < -0.3 is 15.5 Å². The average Bonchev–Trinajstić information content (AvgIpc) is 2.68. The van der Waals surface area contributed by atoms with E-state index in [2.05, 4.69) is 9.97 Å². The number of benzene rings is 1. The first-order valence-electron chi connectivity index (χ1n) is 7.93. The summed E-state index contributed by atoms with van der Waals surface area (Å²) in [5.41, 5.74) is 3.85. The molecule has 0 atom stereocenters. The van der Waals surface area contributed by atoms with Crippen molar-refractivity contribution in [3.05, 3.63) is 69.6 Å². The molecule has 0 aliphatic rings. The summed E-state index contributed by atoms with van der Waals surface area (Å²) >= 11 is 0. The molecule has 0 aliphatic heterocycles. The van der Waals surface area contributed by atoms with Crippen molar-refractivity contribution in [1.29, 1.82) is 10.5 Å². The number of alkyl halides is 3. The minimum atomic E-state index is -4.61. The second-order valence-corrected chi connectivity index (χ2v) is 5.70. The van der Waals surface area contributed by atoms with Crippen molar-refractivity contribution < 1.29 is 17.9 Å². The number of H-pyrrole nitrogens is 1. The minimum absolute atomic E-state index is 0.0555. The number of pyridine rings is 2. The Balaban J connectivity index is 1.98. The Kier molecular flexibility index (Phi) is 4.94. The van der Waals surface area contributed by atoms with Crippen LogP contribution in [0.25, 0.3) is 11.1 Å². The van der Waals surface area contributed by atoms with Crippen molar-refractivity contribution in [2.45, 2.75) is 6.18 Å². The average molecular weight is 397 g/mol. The summed E-state index contributed by atoms with van der Waals surface area (Å²) in [7, 11) is 0. The van der Waals surface area contributed by atoms with Crippen LogP contribution in [-0.2, 0) is 6.18 Å². The normalized spacial score (nSPS) is 10.8. The van der Waals surface area contributed by atoms with Gasteiger partial charge in [-0.15, -0.1) is 0 Å². The molecule has 0 spiro atoms. The van der Waals surface area contributed by atoms with Gasteiger partial charge in [-0.2, -0.15) is 23.7 Å². The van der Waals surface area contributed by atoms with Crippen LogP contribution in [0, 0.1) is 22.7 Å². The SMILES string of the molecule is N#Cc1c(N)[nH]c(=O)c(C#N)c1-c1ccc(Oc2cccc(C(F)(F)F)n2)cc1. The van der Waals surface area contributed by atoms with E-state index in [1.807, 2.05) is 6.07 Å². The molecule has 0 unspecified atom stereocenters. The van der Waals surface area contributed by atoms with Crippen molar-refractivity contribution in [1.82, 2.24) is 9.97 Å². The maximum absolute atomic E-state index is 12.7. The Bertz CT molecular complexity index is 1220. The first kappa shape index (κ1) is 19.5. The van der Waals surface area contributed by atoms with Crippen LogP contribution in [0.15, 0.2) is 47.3 Å². The summed E-state index contributed by atoms with van der Waals surface area (Å²) in [6.07, 6.45) is -4.61. The highest BCUT2D eigenvalue weighted by atomic mass is 19.4. The number of anilines is 1. The van der Waals surface area contributed by atoms with Crippen LogP contribution in [0.1, 0.15) is 16.8 Å². The quantitative estimate of drug-likeness (QED) is 0.695. The number of nitrogen functional groups attached to an aromatic ring is 1. The molecule has 0 saturated heterocycles. The summed E-state index contributed by atoms with van der Waals surface area (Å²) in [5.74, 6) is -0.279. The third-order valence-corrected chi connectivity index (χ3v) is 3.85. The number of hydrogen-bond donors (Lipinski definition) is 2. The van der Waals surface area contributed by atoms with Gasteiger partial charge in [-0.3, -0.25) is 4.79 Å². The number of aromatic amines is 1. The highest BCUT2D eigenvalue weighted by Gasteiger charge is 2.32. The molecule has 0 saturated carbocycles. The monoisotopic (exact) mass is 397 g/mol. The summed E-state index contributed by atoms with van der Waals surface area (Å²) < 4.78 is 43.6. The van der Waals surface area contributed by atoms with Crippen molar-refractivity contribution >= 4 is 5.82 Å². The van der Waals surface area contributed by atoms with Crippen LogP contribution in [0.3, 0.4) is 0 Å². The lowest BCUT2D eigenvalue weighted by Crippen LogP contribution is -2.16. The second-order valence-electron chi connectivity index (χ2n) is 5.70. The molecule has 0 radical (unpaired) electrons. The van der Waals surface area contributed by atoms with Gasteiger partial charge in [0, 0.05) is 11.6 Å². The molecule has 2 aromatic heterocycles. The van der Waals surface area contributed by atoms with E-state index in [4.69, 9.17) is 10.5 Å². The smallest absolute Gasteiger partial charge is 0.433 e. The number of nitrogens with one attached hydrogen (secondary N) is 1. The molecule has 1 aromatic carbocycles. The lowest BCUT2D eigenvalue weighted by atomic mass is 9.97. The first-order chi connectivity index (χ1) is 13.7. The van der Waals surface area contributed by atoms with Gasteiger partial charge in [-0.25, -0.2) is 4.98 Å². The van der Waals surface area contributed by atoms with E-state index in [9.17, 15) is 28.5 Å². The van der Waals surface area contributed by atoms with Crippen molar-refractivity contribution in [3.63, 3.8) is 0 Å². The highest BCUT2D eigenvalue weighted by molar-refractivity contribution is 5.80. The van der Waals surface area contributed by atoms with E-state index in [-0.39, 0.29) is 34.1 Å². The van der Waals surface area contributed by atoms with Gasteiger partial charge >= 0.3 is 6.18 Å². The molecule has 3 aromatic rings. The molecule has 0 amide bonds. The van der Waals surface area contributed by atoms with Gasteiger partial charge in [0.05, 0.1) is 0 Å². The molecule has 29 heavy (non-hydrogen) atoms. The van der Waals surface area contributed by atoms with Gasteiger partial charge in [0.1, 0.15) is 40.5 Å². The standard InChI is InChI=1S/C19H10F3N5O2/c20-19(21,22)14-2-1-3-15(26-14)29-11-6-4-10(5-7-11)16-12(8-23)17(25)27-18(28)13(16)9-24/h1-7H,(H3,25,27,28). The first-order valence-corrected chi connectivity index (χ1v) is 7.93. The van der Waals surface area contributed by atoms with E-state index in [1.54, 1.807) is 6.07 Å². The number of ether oxygens (including phenoxy) is 1. The molecule has 144 valence electrons. The number of nitrogens with zero attached hydrogens (tertiary/aromatic N) is 3. The zero-order valence-corrected chi connectivity index (χ0v) is 14.4. The molecule has 0 aliphatic carbocycles. The van der Waals surface area contributed by atoms with E-state index < -0.39 is 17.4 Å². The zero-order valence-electron chi connectivity index (χ0n) is 14.4. The third-order valence-electron chi connectivity index (χ3n) is 3.85. The van der Waals surface area contributed by atoms with Crippen LogP contribution in [-0.4, -0.2) is 9.97 Å². The molecule has 0 bridgehead atoms. The minimum Gasteiger partial charge on any atom is -0.439 e. The van der Waals surface area contributed by atoms with Crippen LogP contribution in [0.4, 0.5) is 19.0 Å². The van der Waals surface area contributed by atoms with Gasteiger partial charge in [0.15, 0.2) is 0 Å². The van der Waals surface area contributed by atoms with Crippen molar-refractivity contribution in [2.75, 3.05) is 5.73 Å². The largest absolute Gasteiger partial charge is 0.439 e. The van der Waals surface area contributed by atoms with Crippen LogP contribution < -0.4 is 16.0 Å². The Morgan fingerprint density at radius 3 is 2.28 bits per heavy atom. The second kappa shape index (κ2) is 7.37. The number of hydrogen-bond acceptors (Lipinski definition) is 6. The highest BCUT2D eigenvalue weighted by Crippen LogP contribution is 2.32. The van der Waals surface area contributed by atoms with E-state index in [1.165, 1.54) is 30.3 Å². The van der Waals surface area contributed by atoms with E-state index >= 15 is 0 Å². The van der Waals surface area contributed by atoms with Crippen LogP contribution in [0.2, 0.25) is 0 Å². The fourth-order valence-electron chi connectivity index (χ4n) is 2.57. The van der Waals surface area contributed by atoms with Gasteiger partial charge in [0.2, 0.25) is 5.88 Å². The summed E-state index contributed by atoms with van der Waals surface area (Å²) in [6, 6.07) is 12.5. The predicted molar refractivity (Wildman–Crippen MR) is 95.7 cm³/mol. The Morgan fingerprint density at radius 1 is 1.03 bits per heavy atom. The maximum atomic E-state index is 12.7. The van der Waals surface area contributed by atoms with Crippen molar-refractivity contribution in [2.24, 2.45) is 0 Å². The maximum Gasteiger partial charge on any atom is 0.433 e. The van der Waals surface area contributed by atoms with Gasteiger partial charge in [0.25, 0.3) is 5.56 Å². The van der Waals surface area contributed by atoms with Crippen LogP contribution >= 0.6 is 0 Å². The number of aromatic nitrogens is 2. The molecule has 7 nitrogen and oxygen atoms in total. The van der Waals surface area contributed by atoms with Crippen molar-refractivity contribution in [3.8, 4) is 34.9 Å². The molecule has 3 rings (SSSR count). The lowest BCUT2D eigenvalue weighted by Gasteiger charge is -2.11. The van der Waals surface area contributed by atoms with E-state index in [0.717, 1.165) is 12.1 Å². The third kappa shape index (κ3) is 3.87. The summed E-state index contributed by atoms with van der Waals surface area (Å²) in [6.45, 7) is 0. The van der Waals surface area contributed by atoms with Crippen LogP contribution in [0.5, 0.6) is 11.6 Å². The molecule has 3 N–H and O–H groups in total. The Morgan fingerprint density at radius 2 is 1.69 bits per heavy atom. The molecular formula is C19H10F3N5O2.